The lowest BCUT2D eigenvalue weighted by atomic mass is 10.1. The fourth-order valence-corrected chi connectivity index (χ4v) is 3.33. The van der Waals surface area contributed by atoms with Crippen LogP contribution in [0.15, 0.2) is 65.5 Å². The molecule has 2 heterocycles. The molecule has 30 heavy (non-hydrogen) atoms. The van der Waals surface area contributed by atoms with Gasteiger partial charge in [-0.3, -0.25) is 4.79 Å². The SMILES string of the molecule is [2H]C([2H])(c1ccc(-c2nn(Cc3ccc(Cl)cc3)c(=O)c3ccccc23)c(F)n1)N(C)C. The van der Waals surface area contributed by atoms with Crippen LogP contribution in [0.4, 0.5) is 4.39 Å². The zero-order valence-electron chi connectivity index (χ0n) is 18.4. The summed E-state index contributed by atoms with van der Waals surface area (Å²) < 4.78 is 32.6. The number of fused-ring (bicyclic) bond motifs is 1. The Morgan fingerprint density at radius 1 is 1.07 bits per heavy atom. The number of benzene rings is 2. The second kappa shape index (κ2) is 8.34. The Hall–Kier alpha value is -3.09. The zero-order chi connectivity index (χ0) is 23.0. The molecule has 7 heteroatoms. The van der Waals surface area contributed by atoms with Crippen molar-refractivity contribution >= 4 is 22.4 Å². The van der Waals surface area contributed by atoms with Gasteiger partial charge in [0, 0.05) is 19.6 Å². The number of halogens is 2. The summed E-state index contributed by atoms with van der Waals surface area (Å²) in [4.78, 5) is 18.2. The summed E-state index contributed by atoms with van der Waals surface area (Å²) in [7, 11) is 3.10. The summed E-state index contributed by atoms with van der Waals surface area (Å²) in [6, 6.07) is 16.8. The normalized spacial score (nSPS) is 12.8. The van der Waals surface area contributed by atoms with Gasteiger partial charge in [0.15, 0.2) is 0 Å². The zero-order valence-corrected chi connectivity index (χ0v) is 17.2. The third-order valence-electron chi connectivity index (χ3n) is 4.56. The molecule has 0 saturated heterocycles. The van der Waals surface area contributed by atoms with Crippen LogP contribution in [0.25, 0.3) is 22.0 Å². The molecule has 0 aliphatic heterocycles. The molecule has 0 unspecified atom stereocenters. The fourth-order valence-electron chi connectivity index (χ4n) is 3.21. The maximum absolute atomic E-state index is 15.1. The van der Waals surface area contributed by atoms with Gasteiger partial charge in [0.25, 0.3) is 5.56 Å². The van der Waals surface area contributed by atoms with Crippen LogP contribution < -0.4 is 5.56 Å². The average Bonchev–Trinajstić information content (AvgIpc) is 2.77. The lowest BCUT2D eigenvalue weighted by Crippen LogP contribution is -2.24. The van der Waals surface area contributed by atoms with E-state index in [0.717, 1.165) is 5.56 Å². The van der Waals surface area contributed by atoms with Crippen LogP contribution in [0.2, 0.25) is 5.02 Å². The third-order valence-corrected chi connectivity index (χ3v) is 4.81. The molecule has 0 spiro atoms. The molecule has 4 aromatic rings. The molecular formula is C23H20ClFN4O. The van der Waals surface area contributed by atoms with Crippen molar-refractivity contribution in [2.24, 2.45) is 0 Å². The molecule has 0 saturated carbocycles. The molecule has 5 nitrogen and oxygen atoms in total. The van der Waals surface area contributed by atoms with Crippen LogP contribution >= 0.6 is 11.6 Å². The summed E-state index contributed by atoms with van der Waals surface area (Å²) in [6.45, 7) is -1.76. The standard InChI is InChI=1S/C23H20ClFN4O/c1-28(2)14-17-11-12-20(22(25)26-17)21-18-5-3-4-6-19(18)23(30)29(27-21)13-15-7-9-16(24)10-8-15/h3-12H,13-14H2,1-2H3/i14D2. The minimum atomic E-state index is -1.94. The monoisotopic (exact) mass is 424 g/mol. The summed E-state index contributed by atoms with van der Waals surface area (Å²) in [5, 5.41) is 5.94. The Labute approximate surface area is 181 Å². The first-order valence-corrected chi connectivity index (χ1v) is 9.65. The van der Waals surface area contributed by atoms with E-state index in [9.17, 15) is 4.79 Å². The second-order valence-electron chi connectivity index (χ2n) is 7.02. The molecule has 2 aromatic carbocycles. The van der Waals surface area contributed by atoms with Gasteiger partial charge >= 0.3 is 0 Å². The highest BCUT2D eigenvalue weighted by Gasteiger charge is 2.17. The Balaban J connectivity index is 1.88. The van der Waals surface area contributed by atoms with Gasteiger partial charge in [0.2, 0.25) is 5.95 Å². The summed E-state index contributed by atoms with van der Waals surface area (Å²) in [6.07, 6.45) is 0. The molecule has 0 aliphatic carbocycles. The van der Waals surface area contributed by atoms with Crippen molar-refractivity contribution in [3.8, 4) is 11.3 Å². The number of nitrogens with zero attached hydrogens (tertiary/aromatic N) is 4. The van der Waals surface area contributed by atoms with Crippen molar-refractivity contribution in [1.29, 1.82) is 0 Å². The van der Waals surface area contributed by atoms with E-state index in [-0.39, 0.29) is 29.1 Å². The first-order chi connectivity index (χ1) is 15.2. The van der Waals surface area contributed by atoms with Crippen molar-refractivity contribution in [2.75, 3.05) is 14.1 Å². The van der Waals surface area contributed by atoms with E-state index in [1.165, 1.54) is 21.7 Å². The minimum Gasteiger partial charge on any atom is -0.304 e. The maximum atomic E-state index is 15.1. The van der Waals surface area contributed by atoms with Crippen molar-refractivity contribution < 1.29 is 7.13 Å². The molecule has 2 aromatic heterocycles. The molecule has 0 radical (unpaired) electrons. The Morgan fingerprint density at radius 3 is 2.43 bits per heavy atom. The molecule has 152 valence electrons. The highest BCUT2D eigenvalue weighted by atomic mass is 35.5. The highest BCUT2D eigenvalue weighted by Crippen LogP contribution is 2.27. The van der Waals surface area contributed by atoms with Gasteiger partial charge in [0.05, 0.1) is 23.2 Å². The fraction of sp³-hybridized carbons (Fsp3) is 0.174. The lowest BCUT2D eigenvalue weighted by Gasteiger charge is -2.13. The van der Waals surface area contributed by atoms with Crippen molar-refractivity contribution in [3.05, 3.63) is 93.2 Å². The van der Waals surface area contributed by atoms with Crippen LogP contribution in [-0.2, 0) is 13.0 Å². The molecular weight excluding hydrogens is 403 g/mol. The smallest absolute Gasteiger partial charge is 0.274 e. The molecule has 0 aliphatic rings. The Kier molecular flexibility index (Phi) is 4.93. The van der Waals surface area contributed by atoms with Crippen LogP contribution in [0.3, 0.4) is 0 Å². The summed E-state index contributed by atoms with van der Waals surface area (Å²) in [5.74, 6) is -0.859. The Bertz CT molecular complexity index is 1360. The number of hydrogen-bond donors (Lipinski definition) is 0. The van der Waals surface area contributed by atoms with Gasteiger partial charge in [-0.05, 0) is 50.0 Å². The highest BCUT2D eigenvalue weighted by molar-refractivity contribution is 6.30. The van der Waals surface area contributed by atoms with E-state index in [4.69, 9.17) is 14.3 Å². The molecule has 0 amide bonds. The van der Waals surface area contributed by atoms with Crippen molar-refractivity contribution in [1.82, 2.24) is 19.7 Å². The third kappa shape index (κ3) is 4.10. The van der Waals surface area contributed by atoms with Gasteiger partial charge in [-0.2, -0.15) is 9.49 Å². The number of hydrogen-bond acceptors (Lipinski definition) is 4. The number of aromatic nitrogens is 3. The minimum absolute atomic E-state index is 0.0532. The van der Waals surface area contributed by atoms with E-state index in [0.29, 0.717) is 15.8 Å². The second-order valence-corrected chi connectivity index (χ2v) is 7.46. The van der Waals surface area contributed by atoms with E-state index >= 15 is 4.39 Å². The lowest BCUT2D eigenvalue weighted by molar-refractivity contribution is 0.393. The van der Waals surface area contributed by atoms with Gasteiger partial charge in [0.1, 0.15) is 5.69 Å². The average molecular weight is 425 g/mol. The molecule has 0 fully saturated rings. The Morgan fingerprint density at radius 2 is 1.77 bits per heavy atom. The van der Waals surface area contributed by atoms with Gasteiger partial charge in [-0.15, -0.1) is 0 Å². The number of pyridine rings is 1. The van der Waals surface area contributed by atoms with E-state index < -0.39 is 12.4 Å². The molecule has 0 bridgehead atoms. The van der Waals surface area contributed by atoms with Gasteiger partial charge < -0.3 is 4.90 Å². The van der Waals surface area contributed by atoms with Crippen molar-refractivity contribution in [2.45, 2.75) is 13.0 Å². The van der Waals surface area contributed by atoms with E-state index in [1.807, 2.05) is 0 Å². The predicted molar refractivity (Wildman–Crippen MR) is 117 cm³/mol. The van der Waals surface area contributed by atoms with Crippen molar-refractivity contribution in [3.63, 3.8) is 0 Å². The first kappa shape index (κ1) is 17.7. The first-order valence-electron chi connectivity index (χ1n) is 10.3. The van der Waals surface area contributed by atoms with E-state index in [1.54, 1.807) is 62.6 Å². The van der Waals surface area contributed by atoms with Crippen LogP contribution in [0, 0.1) is 5.95 Å². The molecule has 0 atom stereocenters. The van der Waals surface area contributed by atoms with E-state index in [2.05, 4.69) is 10.1 Å². The molecule has 4 rings (SSSR count). The van der Waals surface area contributed by atoms with Gasteiger partial charge in [-0.1, -0.05) is 41.9 Å². The van der Waals surface area contributed by atoms with Crippen LogP contribution in [0.1, 0.15) is 14.0 Å². The topological polar surface area (TPSA) is 51.0 Å². The van der Waals surface area contributed by atoms with Crippen LogP contribution in [-0.4, -0.2) is 33.8 Å². The summed E-state index contributed by atoms with van der Waals surface area (Å²) in [5.41, 5.74) is 0.814. The number of rotatable bonds is 5. The quantitative estimate of drug-likeness (QED) is 0.447. The van der Waals surface area contributed by atoms with Crippen LogP contribution in [0.5, 0.6) is 0 Å². The predicted octanol–water partition coefficient (Wildman–Crippen LogP) is 4.36. The molecule has 0 N–H and O–H groups in total. The largest absolute Gasteiger partial charge is 0.304 e. The summed E-state index contributed by atoms with van der Waals surface area (Å²) >= 11 is 5.95. The van der Waals surface area contributed by atoms with Gasteiger partial charge in [-0.25, -0.2) is 9.67 Å². The maximum Gasteiger partial charge on any atom is 0.274 e.